The molecule has 2 aliphatic rings. The van der Waals surface area contributed by atoms with Crippen LogP contribution in [-0.4, -0.2) is 51.0 Å². The fourth-order valence-electron chi connectivity index (χ4n) is 3.97. The smallest absolute Gasteiger partial charge is 0.407 e. The molecule has 0 atom stereocenters. The Balaban J connectivity index is 1.30. The van der Waals surface area contributed by atoms with Gasteiger partial charge in [-0.2, -0.15) is 10.1 Å². The summed E-state index contributed by atoms with van der Waals surface area (Å²) in [6.45, 7) is 5.62. The number of ether oxygens (including phenoxy) is 1. The predicted molar refractivity (Wildman–Crippen MR) is 120 cm³/mol. The molecule has 1 amide bonds. The molecule has 2 aliphatic carbocycles. The fourth-order valence-corrected chi connectivity index (χ4v) is 3.97. The minimum Gasteiger partial charge on any atom is -0.444 e. The summed E-state index contributed by atoms with van der Waals surface area (Å²) >= 11 is 0. The lowest BCUT2D eigenvalue weighted by Gasteiger charge is -2.35. The number of H-pyrrole nitrogens is 1. The van der Waals surface area contributed by atoms with Crippen molar-refractivity contribution in [3.63, 3.8) is 0 Å². The molecule has 2 aromatic rings. The zero-order valence-corrected chi connectivity index (χ0v) is 18.8. The van der Waals surface area contributed by atoms with Crippen LogP contribution in [0.5, 0.6) is 0 Å². The van der Waals surface area contributed by atoms with Crippen LogP contribution in [0.2, 0.25) is 0 Å². The molecule has 3 N–H and O–H groups in total. The third kappa shape index (κ3) is 5.86. The van der Waals surface area contributed by atoms with Gasteiger partial charge < -0.3 is 20.3 Å². The Morgan fingerprint density at radius 1 is 1.16 bits per heavy atom. The number of alkyl carbamates (subject to hydrolysis) is 1. The molecule has 9 nitrogen and oxygen atoms in total. The maximum absolute atomic E-state index is 12.0. The summed E-state index contributed by atoms with van der Waals surface area (Å²) in [5, 5.41) is 13.7. The molecule has 0 spiro atoms. The van der Waals surface area contributed by atoms with Crippen molar-refractivity contribution in [2.75, 3.05) is 17.3 Å². The largest absolute Gasteiger partial charge is 0.444 e. The number of nitrogens with zero attached hydrogens (tertiary/aromatic N) is 4. The summed E-state index contributed by atoms with van der Waals surface area (Å²) in [5.41, 5.74) is 0.707. The second-order valence-corrected chi connectivity index (χ2v) is 9.61. The number of rotatable bonds is 6. The first-order valence-electron chi connectivity index (χ1n) is 11.1. The number of hydrogen-bond donors (Lipinski definition) is 3. The number of amides is 1. The van der Waals surface area contributed by atoms with E-state index in [1.54, 1.807) is 6.20 Å². The quantitative estimate of drug-likeness (QED) is 0.637. The molecule has 0 aromatic carbocycles. The standard InChI is InChI=1S/C22H33N7O2/c1-22(2,3)31-21(30)24-15-7-9-16(10-8-15)29(4)20-23-12-11-18(26-20)25-19-13-17(27-28-19)14-5-6-14/h11-16H,5-10H2,1-4H3,(H,24,30)(H2,23,25,26,27,28). The molecular formula is C22H33N7O2. The zero-order valence-electron chi connectivity index (χ0n) is 18.8. The van der Waals surface area contributed by atoms with Crippen molar-refractivity contribution < 1.29 is 9.53 Å². The van der Waals surface area contributed by atoms with Crippen molar-refractivity contribution in [2.45, 2.75) is 82.9 Å². The van der Waals surface area contributed by atoms with Crippen molar-refractivity contribution in [3.05, 3.63) is 24.0 Å². The van der Waals surface area contributed by atoms with Crippen LogP contribution in [0.1, 0.15) is 70.9 Å². The average molecular weight is 428 g/mol. The average Bonchev–Trinajstić information content (AvgIpc) is 3.46. The highest BCUT2D eigenvalue weighted by atomic mass is 16.6. The van der Waals surface area contributed by atoms with Gasteiger partial charge in [0.15, 0.2) is 5.82 Å². The monoisotopic (exact) mass is 427 g/mol. The first-order valence-corrected chi connectivity index (χ1v) is 11.1. The number of carbonyl (C=O) groups excluding carboxylic acids is 1. The Morgan fingerprint density at radius 2 is 1.90 bits per heavy atom. The summed E-state index contributed by atoms with van der Waals surface area (Å²) in [4.78, 5) is 23.3. The van der Waals surface area contributed by atoms with Crippen LogP contribution < -0.4 is 15.5 Å². The van der Waals surface area contributed by atoms with E-state index in [2.05, 4.69) is 41.8 Å². The van der Waals surface area contributed by atoms with Crippen LogP contribution in [0, 0.1) is 0 Å². The van der Waals surface area contributed by atoms with E-state index in [-0.39, 0.29) is 12.1 Å². The summed E-state index contributed by atoms with van der Waals surface area (Å²) in [7, 11) is 2.03. The number of anilines is 3. The van der Waals surface area contributed by atoms with Crippen LogP contribution >= 0.6 is 0 Å². The van der Waals surface area contributed by atoms with E-state index in [4.69, 9.17) is 4.74 Å². The molecule has 0 aliphatic heterocycles. The molecule has 0 unspecified atom stereocenters. The molecule has 4 rings (SSSR count). The van der Waals surface area contributed by atoms with Gasteiger partial charge in [0.05, 0.1) is 0 Å². The zero-order chi connectivity index (χ0) is 22.0. The highest BCUT2D eigenvalue weighted by Gasteiger charge is 2.28. The van der Waals surface area contributed by atoms with Gasteiger partial charge in [-0.15, -0.1) is 0 Å². The molecule has 9 heteroatoms. The van der Waals surface area contributed by atoms with Crippen LogP contribution in [-0.2, 0) is 4.74 Å². The molecule has 168 valence electrons. The summed E-state index contributed by atoms with van der Waals surface area (Å²) < 4.78 is 5.37. The number of aromatic amines is 1. The number of nitrogens with one attached hydrogen (secondary N) is 3. The Hall–Kier alpha value is -2.84. The van der Waals surface area contributed by atoms with E-state index in [0.717, 1.165) is 37.3 Å². The van der Waals surface area contributed by atoms with E-state index in [1.165, 1.54) is 18.5 Å². The van der Waals surface area contributed by atoms with E-state index in [9.17, 15) is 4.79 Å². The number of hydrogen-bond acceptors (Lipinski definition) is 7. The summed E-state index contributed by atoms with van der Waals surface area (Å²) in [6, 6.07) is 4.39. The van der Waals surface area contributed by atoms with E-state index in [1.807, 2.05) is 33.9 Å². The van der Waals surface area contributed by atoms with E-state index >= 15 is 0 Å². The minimum absolute atomic E-state index is 0.147. The molecule has 2 fully saturated rings. The maximum Gasteiger partial charge on any atom is 0.407 e. The summed E-state index contributed by atoms with van der Waals surface area (Å²) in [6.07, 6.45) is 7.64. The second-order valence-electron chi connectivity index (χ2n) is 9.61. The van der Waals surface area contributed by atoms with Crippen LogP contribution in [0.15, 0.2) is 18.3 Å². The Bertz CT molecular complexity index is 895. The molecule has 31 heavy (non-hydrogen) atoms. The molecular weight excluding hydrogens is 394 g/mol. The first-order chi connectivity index (χ1) is 14.8. The van der Waals surface area contributed by atoms with Gasteiger partial charge in [0.2, 0.25) is 5.95 Å². The van der Waals surface area contributed by atoms with Crippen LogP contribution in [0.3, 0.4) is 0 Å². The van der Waals surface area contributed by atoms with Gasteiger partial charge in [-0.1, -0.05) is 0 Å². The second kappa shape index (κ2) is 8.72. The van der Waals surface area contributed by atoms with Crippen LogP contribution in [0.4, 0.5) is 22.4 Å². The van der Waals surface area contributed by atoms with Crippen molar-refractivity contribution in [3.8, 4) is 0 Å². The molecule has 2 saturated carbocycles. The van der Waals surface area contributed by atoms with Gasteiger partial charge in [0.25, 0.3) is 0 Å². The maximum atomic E-state index is 12.0. The van der Waals surface area contributed by atoms with Crippen LogP contribution in [0.25, 0.3) is 0 Å². The van der Waals surface area contributed by atoms with Gasteiger partial charge in [-0.25, -0.2) is 9.78 Å². The normalized spacial score (nSPS) is 21.4. The summed E-state index contributed by atoms with van der Waals surface area (Å²) in [5.74, 6) is 2.83. The van der Waals surface area contributed by atoms with Gasteiger partial charge in [0.1, 0.15) is 11.4 Å². The lowest BCUT2D eigenvalue weighted by atomic mass is 9.90. The Labute approximate surface area is 183 Å². The van der Waals surface area contributed by atoms with E-state index < -0.39 is 5.60 Å². The highest BCUT2D eigenvalue weighted by Crippen LogP contribution is 2.39. The lowest BCUT2D eigenvalue weighted by Crippen LogP contribution is -2.44. The SMILES string of the molecule is CN(c1nccc(Nc2cc(C3CC3)[nH]n2)n1)C1CCC(NC(=O)OC(C)(C)C)CC1. The van der Waals surface area contributed by atoms with Gasteiger partial charge in [-0.3, -0.25) is 5.10 Å². The van der Waals surface area contributed by atoms with Crippen molar-refractivity contribution in [2.24, 2.45) is 0 Å². The molecule has 0 bridgehead atoms. The van der Waals surface area contributed by atoms with Crippen molar-refractivity contribution in [1.82, 2.24) is 25.5 Å². The highest BCUT2D eigenvalue weighted by molar-refractivity contribution is 5.68. The molecule has 2 heterocycles. The Morgan fingerprint density at radius 3 is 2.58 bits per heavy atom. The predicted octanol–water partition coefficient (Wildman–Crippen LogP) is 4.09. The third-order valence-electron chi connectivity index (χ3n) is 5.79. The fraction of sp³-hybridized carbons (Fsp3) is 0.636. The number of carbonyl (C=O) groups is 1. The molecule has 0 saturated heterocycles. The van der Waals surface area contributed by atoms with E-state index in [0.29, 0.717) is 17.9 Å². The number of aromatic nitrogens is 4. The topological polar surface area (TPSA) is 108 Å². The minimum atomic E-state index is -0.479. The third-order valence-corrected chi connectivity index (χ3v) is 5.79. The lowest BCUT2D eigenvalue weighted by molar-refractivity contribution is 0.0491. The molecule has 0 radical (unpaired) electrons. The van der Waals surface area contributed by atoms with Gasteiger partial charge >= 0.3 is 6.09 Å². The van der Waals surface area contributed by atoms with Gasteiger partial charge in [0, 0.05) is 43.0 Å². The van der Waals surface area contributed by atoms with Crippen molar-refractivity contribution >= 4 is 23.7 Å². The Kier molecular flexibility index (Phi) is 6.02. The van der Waals surface area contributed by atoms with Gasteiger partial charge in [-0.05, 0) is 65.4 Å². The molecule has 2 aromatic heterocycles. The van der Waals surface area contributed by atoms with Crippen molar-refractivity contribution in [1.29, 1.82) is 0 Å². The first kappa shape index (κ1) is 21.4.